The molecule has 1 aromatic carbocycles. The summed E-state index contributed by atoms with van der Waals surface area (Å²) in [6.07, 6.45) is 1.59. The number of rotatable bonds is 4. The van der Waals surface area contributed by atoms with Gasteiger partial charge in [0.05, 0.1) is 7.11 Å². The van der Waals surface area contributed by atoms with E-state index in [4.69, 9.17) is 14.3 Å². The van der Waals surface area contributed by atoms with E-state index in [0.717, 1.165) is 35.3 Å². The monoisotopic (exact) mass is 220 g/mol. The van der Waals surface area contributed by atoms with Crippen LogP contribution in [0, 0.1) is 6.92 Å². The fourth-order valence-electron chi connectivity index (χ4n) is 1.99. The summed E-state index contributed by atoms with van der Waals surface area (Å²) < 4.78 is 11.0. The molecule has 2 aromatic rings. The summed E-state index contributed by atoms with van der Waals surface area (Å²) in [6, 6.07) is 5.88. The molecule has 1 aromatic heterocycles. The zero-order chi connectivity index (χ0) is 11.5. The summed E-state index contributed by atoms with van der Waals surface area (Å²) in [5.74, 6) is 1.67. The third-order valence-electron chi connectivity index (χ3n) is 2.79. The first-order valence-corrected chi connectivity index (χ1v) is 5.43. The van der Waals surface area contributed by atoms with E-state index in [1.807, 2.05) is 25.1 Å². The number of furan rings is 1. The lowest BCUT2D eigenvalue weighted by Crippen LogP contribution is -1.90. The number of benzene rings is 1. The molecule has 0 unspecified atom stereocenters. The molecule has 16 heavy (non-hydrogen) atoms. The summed E-state index contributed by atoms with van der Waals surface area (Å²) in [4.78, 5) is 0. The van der Waals surface area contributed by atoms with Gasteiger partial charge in [0.15, 0.2) is 11.3 Å². The molecule has 0 saturated carbocycles. The van der Waals surface area contributed by atoms with E-state index in [0.29, 0.717) is 0 Å². The molecule has 1 heterocycles. The van der Waals surface area contributed by atoms with Gasteiger partial charge in [-0.15, -0.1) is 0 Å². The van der Waals surface area contributed by atoms with E-state index >= 15 is 0 Å². The Bertz CT molecular complexity index is 485. The lowest BCUT2D eigenvalue weighted by molar-refractivity contribution is 0.288. The third kappa shape index (κ3) is 1.78. The van der Waals surface area contributed by atoms with Gasteiger partial charge in [-0.1, -0.05) is 12.1 Å². The summed E-state index contributed by atoms with van der Waals surface area (Å²) >= 11 is 0. The molecule has 0 fully saturated rings. The van der Waals surface area contributed by atoms with Crippen LogP contribution in [0.4, 0.5) is 0 Å². The van der Waals surface area contributed by atoms with Crippen LogP contribution >= 0.6 is 0 Å². The van der Waals surface area contributed by atoms with Crippen molar-refractivity contribution in [2.45, 2.75) is 19.8 Å². The van der Waals surface area contributed by atoms with Crippen molar-refractivity contribution in [2.75, 3.05) is 13.7 Å². The number of para-hydroxylation sites is 1. The minimum atomic E-state index is 0.204. The molecule has 0 spiro atoms. The van der Waals surface area contributed by atoms with Gasteiger partial charge in [-0.3, -0.25) is 0 Å². The minimum Gasteiger partial charge on any atom is -0.493 e. The smallest absolute Gasteiger partial charge is 0.176 e. The Hall–Kier alpha value is -1.48. The Labute approximate surface area is 94.6 Å². The van der Waals surface area contributed by atoms with Crippen molar-refractivity contribution in [3.63, 3.8) is 0 Å². The maximum absolute atomic E-state index is 8.87. The Morgan fingerprint density at radius 3 is 2.88 bits per heavy atom. The van der Waals surface area contributed by atoms with Gasteiger partial charge in [-0.2, -0.15) is 0 Å². The number of aryl methyl sites for hydroxylation is 2. The van der Waals surface area contributed by atoms with E-state index in [-0.39, 0.29) is 6.61 Å². The Morgan fingerprint density at radius 1 is 1.38 bits per heavy atom. The second-order valence-corrected chi connectivity index (χ2v) is 3.80. The van der Waals surface area contributed by atoms with Crippen molar-refractivity contribution in [3.05, 3.63) is 29.5 Å². The number of aliphatic hydroxyl groups excluding tert-OH is 1. The largest absolute Gasteiger partial charge is 0.493 e. The molecule has 0 bridgehead atoms. The fraction of sp³-hybridized carbons (Fsp3) is 0.385. The Morgan fingerprint density at radius 2 is 2.19 bits per heavy atom. The first kappa shape index (κ1) is 11.0. The van der Waals surface area contributed by atoms with Crippen LogP contribution in [0.5, 0.6) is 5.75 Å². The molecule has 0 aliphatic carbocycles. The number of methoxy groups -OCH3 is 1. The van der Waals surface area contributed by atoms with Crippen LogP contribution < -0.4 is 4.74 Å². The molecule has 0 aliphatic heterocycles. The quantitative estimate of drug-likeness (QED) is 0.861. The second kappa shape index (κ2) is 4.58. The average molecular weight is 220 g/mol. The Kier molecular flexibility index (Phi) is 3.15. The first-order chi connectivity index (χ1) is 7.77. The van der Waals surface area contributed by atoms with Crippen LogP contribution in [-0.4, -0.2) is 18.8 Å². The molecule has 2 rings (SSSR count). The van der Waals surface area contributed by atoms with E-state index < -0.39 is 0 Å². The SMILES string of the molecule is COc1cccc2c(CCCO)c(C)oc12. The predicted molar refractivity (Wildman–Crippen MR) is 62.9 cm³/mol. The molecule has 0 atom stereocenters. The van der Waals surface area contributed by atoms with Gasteiger partial charge in [0.25, 0.3) is 0 Å². The van der Waals surface area contributed by atoms with E-state index in [2.05, 4.69) is 0 Å². The van der Waals surface area contributed by atoms with Gasteiger partial charge in [-0.25, -0.2) is 0 Å². The molecular weight excluding hydrogens is 204 g/mol. The minimum absolute atomic E-state index is 0.204. The predicted octanol–water partition coefficient (Wildman–Crippen LogP) is 2.67. The molecule has 86 valence electrons. The van der Waals surface area contributed by atoms with Gasteiger partial charge in [0, 0.05) is 17.6 Å². The van der Waals surface area contributed by atoms with Gasteiger partial charge in [-0.05, 0) is 25.8 Å². The van der Waals surface area contributed by atoms with Crippen molar-refractivity contribution >= 4 is 11.0 Å². The molecule has 3 nitrogen and oxygen atoms in total. The lowest BCUT2D eigenvalue weighted by atomic mass is 10.1. The third-order valence-corrected chi connectivity index (χ3v) is 2.79. The molecule has 0 amide bonds. The first-order valence-electron chi connectivity index (χ1n) is 5.43. The van der Waals surface area contributed by atoms with Crippen LogP contribution in [0.25, 0.3) is 11.0 Å². The van der Waals surface area contributed by atoms with E-state index in [1.54, 1.807) is 7.11 Å². The maximum atomic E-state index is 8.87. The maximum Gasteiger partial charge on any atom is 0.176 e. The highest BCUT2D eigenvalue weighted by Gasteiger charge is 2.13. The zero-order valence-corrected chi connectivity index (χ0v) is 9.62. The highest BCUT2D eigenvalue weighted by atomic mass is 16.5. The number of hydrogen-bond acceptors (Lipinski definition) is 3. The lowest BCUT2D eigenvalue weighted by Gasteiger charge is -2.00. The average Bonchev–Trinajstić information content (AvgIpc) is 2.62. The van der Waals surface area contributed by atoms with Crippen molar-refractivity contribution in [2.24, 2.45) is 0 Å². The molecular formula is C13H16O3. The summed E-state index contributed by atoms with van der Waals surface area (Å²) in [6.45, 7) is 2.15. The molecule has 0 radical (unpaired) electrons. The standard InChI is InChI=1S/C13H16O3/c1-9-10(6-4-8-14)11-5-3-7-12(15-2)13(11)16-9/h3,5,7,14H,4,6,8H2,1-2H3. The van der Waals surface area contributed by atoms with Gasteiger partial charge in [0.1, 0.15) is 5.76 Å². The normalized spacial score (nSPS) is 10.9. The van der Waals surface area contributed by atoms with Crippen LogP contribution in [-0.2, 0) is 6.42 Å². The van der Waals surface area contributed by atoms with Crippen molar-refractivity contribution in [1.82, 2.24) is 0 Å². The highest BCUT2D eigenvalue weighted by molar-refractivity contribution is 5.87. The van der Waals surface area contributed by atoms with E-state index in [9.17, 15) is 0 Å². The van der Waals surface area contributed by atoms with Gasteiger partial charge in [0.2, 0.25) is 0 Å². The highest BCUT2D eigenvalue weighted by Crippen LogP contribution is 2.32. The zero-order valence-electron chi connectivity index (χ0n) is 9.62. The van der Waals surface area contributed by atoms with E-state index in [1.165, 1.54) is 5.56 Å². The molecule has 3 heteroatoms. The van der Waals surface area contributed by atoms with Crippen LogP contribution in [0.2, 0.25) is 0 Å². The summed E-state index contributed by atoms with van der Waals surface area (Å²) in [5.41, 5.74) is 1.97. The van der Waals surface area contributed by atoms with Crippen molar-refractivity contribution in [3.8, 4) is 5.75 Å². The molecule has 1 N–H and O–H groups in total. The second-order valence-electron chi connectivity index (χ2n) is 3.80. The number of ether oxygens (including phenoxy) is 1. The number of aliphatic hydroxyl groups is 1. The number of fused-ring (bicyclic) bond motifs is 1. The molecule has 0 saturated heterocycles. The van der Waals surface area contributed by atoms with Crippen LogP contribution in [0.3, 0.4) is 0 Å². The van der Waals surface area contributed by atoms with Gasteiger partial charge >= 0.3 is 0 Å². The van der Waals surface area contributed by atoms with Crippen molar-refractivity contribution < 1.29 is 14.3 Å². The van der Waals surface area contributed by atoms with Crippen LogP contribution in [0.15, 0.2) is 22.6 Å². The fourth-order valence-corrected chi connectivity index (χ4v) is 1.99. The molecule has 0 aliphatic rings. The van der Waals surface area contributed by atoms with Crippen LogP contribution in [0.1, 0.15) is 17.7 Å². The Balaban J connectivity index is 2.52. The summed E-state index contributed by atoms with van der Waals surface area (Å²) in [7, 11) is 1.64. The van der Waals surface area contributed by atoms with Crippen molar-refractivity contribution in [1.29, 1.82) is 0 Å². The topological polar surface area (TPSA) is 42.6 Å². The summed E-state index contributed by atoms with van der Waals surface area (Å²) in [5, 5.41) is 9.96. The number of hydrogen-bond donors (Lipinski definition) is 1. The van der Waals surface area contributed by atoms with Gasteiger partial charge < -0.3 is 14.3 Å².